The highest BCUT2D eigenvalue weighted by Gasteiger charge is 2.41. The van der Waals surface area contributed by atoms with E-state index < -0.39 is 29.4 Å². The molecule has 6 nitrogen and oxygen atoms in total. The van der Waals surface area contributed by atoms with Crippen LogP contribution in [0.5, 0.6) is 0 Å². The number of aromatic carboxylic acids is 1. The molecule has 9 heteroatoms. The number of carboxylic acid groups (broad SMARTS) is 1. The molecule has 0 amide bonds. The highest BCUT2D eigenvalue weighted by Crippen LogP contribution is 2.33. The van der Waals surface area contributed by atoms with Gasteiger partial charge in [-0.2, -0.15) is 13.2 Å². The molecule has 0 bridgehead atoms. The summed E-state index contributed by atoms with van der Waals surface area (Å²) in [6.07, 6.45) is -4.37. The lowest BCUT2D eigenvalue weighted by Crippen LogP contribution is -2.32. The monoisotopic (exact) mass is 474 g/mol. The maximum atomic E-state index is 13.9. The number of benzene rings is 2. The molecule has 1 aromatic heterocycles. The van der Waals surface area contributed by atoms with Gasteiger partial charge in [-0.1, -0.05) is 62.7 Å². The van der Waals surface area contributed by atoms with Gasteiger partial charge in [0.2, 0.25) is 5.91 Å². The second-order valence-corrected chi connectivity index (χ2v) is 7.94. The summed E-state index contributed by atoms with van der Waals surface area (Å²) >= 11 is 0. The molecule has 1 N–H and O–H groups in total. The van der Waals surface area contributed by atoms with E-state index in [0.717, 1.165) is 4.57 Å². The Morgan fingerprint density at radius 3 is 2.18 bits per heavy atom. The molecule has 0 fully saturated rings. The van der Waals surface area contributed by atoms with Gasteiger partial charge in [0, 0.05) is 6.42 Å². The van der Waals surface area contributed by atoms with Crippen molar-refractivity contribution in [2.75, 3.05) is 0 Å². The zero-order valence-corrected chi connectivity index (χ0v) is 18.9. The lowest BCUT2D eigenvalue weighted by Gasteiger charge is -2.13. The first kappa shape index (κ1) is 25.0. The minimum absolute atomic E-state index is 0.0133. The van der Waals surface area contributed by atoms with E-state index in [1.807, 2.05) is 0 Å². The van der Waals surface area contributed by atoms with Gasteiger partial charge in [-0.05, 0) is 35.6 Å². The van der Waals surface area contributed by atoms with Crippen LogP contribution in [0.3, 0.4) is 0 Å². The zero-order valence-electron chi connectivity index (χ0n) is 18.9. The summed E-state index contributed by atoms with van der Waals surface area (Å²) in [4.78, 5) is 36.9. The second-order valence-electron chi connectivity index (χ2n) is 7.94. The number of alkyl halides is 3. The molecule has 34 heavy (non-hydrogen) atoms. The molecule has 2 aromatic carbocycles. The lowest BCUT2D eigenvalue weighted by atomic mass is 9.99. The van der Waals surface area contributed by atoms with Gasteiger partial charge in [-0.25, -0.2) is 14.2 Å². The van der Waals surface area contributed by atoms with Crippen LogP contribution in [-0.2, 0) is 19.1 Å². The van der Waals surface area contributed by atoms with Crippen LogP contribution >= 0.6 is 0 Å². The van der Waals surface area contributed by atoms with Gasteiger partial charge in [-0.15, -0.1) is 0 Å². The predicted octanol–water partition coefficient (Wildman–Crippen LogP) is 5.47. The quantitative estimate of drug-likeness (QED) is 0.469. The molecule has 180 valence electrons. The zero-order chi connectivity index (χ0) is 25.0. The smallest absolute Gasteiger partial charge is 0.433 e. The van der Waals surface area contributed by atoms with E-state index in [1.54, 1.807) is 56.3 Å². The summed E-state index contributed by atoms with van der Waals surface area (Å²) < 4.78 is 43.1. The maximum absolute atomic E-state index is 13.9. The van der Waals surface area contributed by atoms with Gasteiger partial charge in [0.15, 0.2) is 5.69 Å². The third-order valence-electron chi connectivity index (χ3n) is 5.48. The van der Waals surface area contributed by atoms with Gasteiger partial charge in [0.1, 0.15) is 0 Å². The van der Waals surface area contributed by atoms with Crippen LogP contribution in [0.4, 0.5) is 13.2 Å². The third-order valence-corrected chi connectivity index (χ3v) is 5.48. The maximum Gasteiger partial charge on any atom is 0.433 e. The van der Waals surface area contributed by atoms with Crippen molar-refractivity contribution in [1.82, 2.24) is 9.13 Å². The summed E-state index contributed by atoms with van der Waals surface area (Å²) in [5.74, 6) is -1.95. The fourth-order valence-corrected chi connectivity index (χ4v) is 3.98. The standard InChI is InChI=1S/C25H25F3N2O4/c1-3-7-20-22(25(26,27)28)30(21(31)8-4-2)24(34)29(20)15-16-11-13-17(14-12-16)18-9-5-6-10-19(18)23(32)33/h5-6,9-14H,3-4,7-8,15H2,1-2H3,(H,32,33). The first-order chi connectivity index (χ1) is 16.1. The van der Waals surface area contributed by atoms with Crippen molar-refractivity contribution in [3.05, 3.63) is 81.5 Å². The topological polar surface area (TPSA) is 81.3 Å². The van der Waals surface area contributed by atoms with Crippen molar-refractivity contribution in [3.8, 4) is 11.1 Å². The van der Waals surface area contributed by atoms with E-state index in [9.17, 15) is 32.7 Å². The first-order valence-electron chi connectivity index (χ1n) is 11.0. The van der Waals surface area contributed by atoms with E-state index in [-0.39, 0.29) is 35.2 Å². The van der Waals surface area contributed by atoms with Crippen molar-refractivity contribution in [2.24, 2.45) is 0 Å². The van der Waals surface area contributed by atoms with Crippen molar-refractivity contribution in [2.45, 2.75) is 52.3 Å². The summed E-state index contributed by atoms with van der Waals surface area (Å²) in [6, 6.07) is 13.1. The van der Waals surface area contributed by atoms with E-state index in [4.69, 9.17) is 0 Å². The number of aromatic nitrogens is 2. The minimum atomic E-state index is -4.86. The number of nitrogens with zero attached hydrogens (tertiary/aromatic N) is 2. The van der Waals surface area contributed by atoms with Gasteiger partial charge in [-0.3, -0.25) is 9.36 Å². The van der Waals surface area contributed by atoms with Crippen LogP contribution in [-0.4, -0.2) is 26.1 Å². The summed E-state index contributed by atoms with van der Waals surface area (Å²) in [5, 5.41) is 9.41. The highest BCUT2D eigenvalue weighted by atomic mass is 19.4. The molecule has 0 atom stereocenters. The molecule has 1 heterocycles. The number of hydrogen-bond donors (Lipinski definition) is 1. The molecular weight excluding hydrogens is 449 g/mol. The number of hydrogen-bond acceptors (Lipinski definition) is 3. The van der Waals surface area contributed by atoms with Crippen LogP contribution in [0.15, 0.2) is 53.3 Å². The lowest BCUT2D eigenvalue weighted by molar-refractivity contribution is -0.143. The fourth-order valence-electron chi connectivity index (χ4n) is 3.98. The first-order valence-corrected chi connectivity index (χ1v) is 11.0. The second kappa shape index (κ2) is 10.1. The molecular formula is C25H25F3N2O4. The normalized spacial score (nSPS) is 11.6. The average molecular weight is 474 g/mol. The van der Waals surface area contributed by atoms with E-state index in [2.05, 4.69) is 0 Å². The predicted molar refractivity (Wildman–Crippen MR) is 121 cm³/mol. The minimum Gasteiger partial charge on any atom is -0.478 e. The van der Waals surface area contributed by atoms with Crippen LogP contribution in [0.1, 0.15) is 65.2 Å². The van der Waals surface area contributed by atoms with Crippen LogP contribution in [0.2, 0.25) is 0 Å². The fraction of sp³-hybridized carbons (Fsp3) is 0.320. The Morgan fingerprint density at radius 2 is 1.62 bits per heavy atom. The van der Waals surface area contributed by atoms with Crippen LogP contribution in [0.25, 0.3) is 11.1 Å². The molecule has 0 saturated heterocycles. The van der Waals surface area contributed by atoms with Crippen molar-refractivity contribution >= 4 is 11.9 Å². The van der Waals surface area contributed by atoms with Crippen molar-refractivity contribution in [3.63, 3.8) is 0 Å². The average Bonchev–Trinajstić information content (AvgIpc) is 3.06. The highest BCUT2D eigenvalue weighted by molar-refractivity contribution is 5.96. The Bertz CT molecular complexity index is 1250. The Hall–Kier alpha value is -3.62. The van der Waals surface area contributed by atoms with Gasteiger partial charge >= 0.3 is 17.8 Å². The van der Waals surface area contributed by atoms with E-state index >= 15 is 0 Å². The van der Waals surface area contributed by atoms with Gasteiger partial charge < -0.3 is 5.11 Å². The Kier molecular flexibility index (Phi) is 7.44. The Labute approximate surface area is 194 Å². The largest absolute Gasteiger partial charge is 0.478 e. The molecule has 0 spiro atoms. The Morgan fingerprint density at radius 1 is 0.971 bits per heavy atom. The SMILES string of the molecule is CCCC(=O)n1c(C(F)(F)F)c(CCC)n(Cc2ccc(-c3ccccc3C(=O)O)cc2)c1=O. The molecule has 0 aliphatic rings. The molecule has 0 aliphatic heterocycles. The molecule has 0 radical (unpaired) electrons. The van der Waals surface area contributed by atoms with Gasteiger partial charge in [0.05, 0.1) is 17.8 Å². The third kappa shape index (κ3) is 4.98. The van der Waals surface area contributed by atoms with Gasteiger partial charge in [0.25, 0.3) is 0 Å². The number of halogens is 3. The van der Waals surface area contributed by atoms with E-state index in [0.29, 0.717) is 29.5 Å². The van der Waals surface area contributed by atoms with Crippen molar-refractivity contribution in [1.29, 1.82) is 0 Å². The molecule has 3 aromatic rings. The summed E-state index contributed by atoms with van der Waals surface area (Å²) in [7, 11) is 0. The number of carboxylic acids is 1. The Balaban J connectivity index is 2.07. The summed E-state index contributed by atoms with van der Waals surface area (Å²) in [6.45, 7) is 3.21. The van der Waals surface area contributed by atoms with Crippen LogP contribution < -0.4 is 5.69 Å². The molecule has 0 saturated carbocycles. The number of carbonyl (C=O) groups excluding carboxylic acids is 1. The number of rotatable bonds is 8. The van der Waals surface area contributed by atoms with Crippen LogP contribution in [0, 0.1) is 0 Å². The number of imidazole rings is 1. The molecule has 0 unspecified atom stereocenters. The number of carbonyl (C=O) groups is 2. The van der Waals surface area contributed by atoms with E-state index in [1.165, 1.54) is 6.07 Å². The summed E-state index contributed by atoms with van der Waals surface area (Å²) in [5.41, 5.74) is -0.637. The molecule has 3 rings (SSSR count). The van der Waals surface area contributed by atoms with Crippen molar-refractivity contribution < 1.29 is 27.9 Å². The molecule has 0 aliphatic carbocycles.